The van der Waals surface area contributed by atoms with Crippen LogP contribution in [0.4, 0.5) is 0 Å². The van der Waals surface area contributed by atoms with Crippen LogP contribution >= 0.6 is 11.3 Å². The highest BCUT2D eigenvalue weighted by Crippen LogP contribution is 2.42. The lowest BCUT2D eigenvalue weighted by Crippen LogP contribution is -2.20. The maximum Gasteiger partial charge on any atom is 0.379 e. The number of pyridine rings is 1. The Balaban J connectivity index is 2.06. The molecule has 0 saturated carbocycles. The van der Waals surface area contributed by atoms with Crippen LogP contribution in [0.3, 0.4) is 0 Å². The van der Waals surface area contributed by atoms with Gasteiger partial charge >= 0.3 is 5.97 Å². The second kappa shape index (κ2) is 7.45. The van der Waals surface area contributed by atoms with Gasteiger partial charge in [0.25, 0.3) is 5.78 Å². The highest BCUT2D eigenvalue weighted by Gasteiger charge is 2.29. The van der Waals surface area contributed by atoms with Gasteiger partial charge < -0.3 is 9.47 Å². The van der Waals surface area contributed by atoms with E-state index in [1.54, 1.807) is 25.2 Å². The molecule has 0 aliphatic carbocycles. The van der Waals surface area contributed by atoms with Crippen LogP contribution < -0.4 is 0 Å². The molecular formula is C22H21NO4S. The zero-order valence-corrected chi connectivity index (χ0v) is 16.9. The lowest BCUT2D eigenvalue weighted by Gasteiger charge is -2.16. The van der Waals surface area contributed by atoms with Crippen molar-refractivity contribution in [3.8, 4) is 11.1 Å². The van der Waals surface area contributed by atoms with Crippen molar-refractivity contribution in [1.82, 2.24) is 4.98 Å². The molecule has 28 heavy (non-hydrogen) atoms. The molecule has 0 atom stereocenters. The Bertz CT molecular complexity index is 1080. The summed E-state index contributed by atoms with van der Waals surface area (Å²) in [6.07, 6.45) is 0.770. The lowest BCUT2D eigenvalue weighted by molar-refractivity contribution is -0.137. The third-order valence-corrected chi connectivity index (χ3v) is 6.06. The number of rotatable bonds is 4. The van der Waals surface area contributed by atoms with Gasteiger partial charge in [-0.1, -0.05) is 29.8 Å². The first-order chi connectivity index (χ1) is 13.5. The minimum atomic E-state index is -0.840. The molecule has 2 aromatic heterocycles. The first-order valence-electron chi connectivity index (χ1n) is 9.32. The molecule has 6 heteroatoms. The van der Waals surface area contributed by atoms with Crippen LogP contribution in [0, 0.1) is 13.8 Å². The molecular weight excluding hydrogens is 374 g/mol. The quantitative estimate of drug-likeness (QED) is 0.372. The molecule has 0 spiro atoms. The molecule has 3 aromatic rings. The first kappa shape index (κ1) is 18.8. The molecule has 0 radical (unpaired) electrons. The van der Waals surface area contributed by atoms with Gasteiger partial charge in [-0.3, -0.25) is 4.79 Å². The van der Waals surface area contributed by atoms with Crippen LogP contribution in [0.15, 0.2) is 24.3 Å². The number of esters is 1. The Labute approximate surface area is 167 Å². The van der Waals surface area contributed by atoms with E-state index in [9.17, 15) is 9.59 Å². The summed E-state index contributed by atoms with van der Waals surface area (Å²) in [6.45, 7) is 6.84. The van der Waals surface area contributed by atoms with Gasteiger partial charge in [-0.15, -0.1) is 11.3 Å². The number of aromatic nitrogens is 1. The van der Waals surface area contributed by atoms with E-state index in [1.807, 2.05) is 31.2 Å². The van der Waals surface area contributed by atoms with E-state index in [4.69, 9.17) is 9.47 Å². The molecule has 4 rings (SSSR count). The zero-order valence-electron chi connectivity index (χ0n) is 16.1. The fourth-order valence-corrected chi connectivity index (χ4v) is 4.87. The largest absolute Gasteiger partial charge is 0.460 e. The monoisotopic (exact) mass is 395 g/mol. The normalized spacial score (nSPS) is 13.4. The van der Waals surface area contributed by atoms with Gasteiger partial charge in [0.1, 0.15) is 4.83 Å². The molecule has 0 unspecified atom stereocenters. The van der Waals surface area contributed by atoms with E-state index in [2.05, 4.69) is 4.98 Å². The van der Waals surface area contributed by atoms with Crippen LogP contribution in [0.2, 0.25) is 0 Å². The second-order valence-electron chi connectivity index (χ2n) is 6.85. The maximum atomic E-state index is 13.0. The molecule has 5 nitrogen and oxygen atoms in total. The molecule has 0 bridgehead atoms. The van der Waals surface area contributed by atoms with E-state index in [-0.39, 0.29) is 6.61 Å². The van der Waals surface area contributed by atoms with Gasteiger partial charge in [-0.25, -0.2) is 9.78 Å². The highest BCUT2D eigenvalue weighted by molar-refractivity contribution is 7.19. The summed E-state index contributed by atoms with van der Waals surface area (Å²) >= 11 is 1.60. The van der Waals surface area contributed by atoms with Gasteiger partial charge in [0.05, 0.1) is 31.1 Å². The zero-order chi connectivity index (χ0) is 19.8. The van der Waals surface area contributed by atoms with E-state index < -0.39 is 11.8 Å². The number of hydrogen-bond acceptors (Lipinski definition) is 6. The van der Waals surface area contributed by atoms with Crippen molar-refractivity contribution in [1.29, 1.82) is 0 Å². The lowest BCUT2D eigenvalue weighted by atomic mass is 9.90. The Morgan fingerprint density at radius 2 is 1.96 bits per heavy atom. The number of fused-ring (bicyclic) bond motifs is 3. The Morgan fingerprint density at radius 3 is 2.68 bits per heavy atom. The number of ether oxygens (including phenoxy) is 2. The summed E-state index contributed by atoms with van der Waals surface area (Å²) < 4.78 is 10.6. The number of carbonyl (C=O) groups is 2. The van der Waals surface area contributed by atoms with Crippen LogP contribution in [0.5, 0.6) is 0 Å². The van der Waals surface area contributed by atoms with Crippen molar-refractivity contribution in [3.63, 3.8) is 0 Å². The summed E-state index contributed by atoms with van der Waals surface area (Å²) in [7, 11) is 0. The van der Waals surface area contributed by atoms with Crippen LogP contribution in [-0.2, 0) is 27.3 Å². The Hall–Kier alpha value is -2.57. The van der Waals surface area contributed by atoms with Crippen molar-refractivity contribution >= 4 is 33.3 Å². The first-order valence-corrected chi connectivity index (χ1v) is 10.1. The van der Waals surface area contributed by atoms with Gasteiger partial charge in [0, 0.05) is 15.8 Å². The number of thiophene rings is 1. The fourth-order valence-electron chi connectivity index (χ4n) is 3.65. The van der Waals surface area contributed by atoms with Crippen LogP contribution in [0.25, 0.3) is 21.3 Å². The third-order valence-electron chi connectivity index (χ3n) is 4.96. The minimum absolute atomic E-state index is 0.157. The third kappa shape index (κ3) is 3.12. The summed E-state index contributed by atoms with van der Waals surface area (Å²) in [5.41, 5.74) is 4.86. The topological polar surface area (TPSA) is 65.5 Å². The van der Waals surface area contributed by atoms with Crippen molar-refractivity contribution < 1.29 is 19.1 Å². The van der Waals surface area contributed by atoms with Gasteiger partial charge in [0.2, 0.25) is 0 Å². The molecule has 144 valence electrons. The summed E-state index contributed by atoms with van der Waals surface area (Å²) in [5.74, 6) is -1.48. The Kier molecular flexibility index (Phi) is 5.00. The van der Waals surface area contributed by atoms with Gasteiger partial charge in [-0.05, 0) is 38.3 Å². The van der Waals surface area contributed by atoms with E-state index >= 15 is 0 Å². The summed E-state index contributed by atoms with van der Waals surface area (Å²) in [4.78, 5) is 32.0. The molecule has 1 aliphatic rings. The fraction of sp³-hybridized carbons (Fsp3) is 0.318. The smallest absolute Gasteiger partial charge is 0.379 e. The summed E-state index contributed by atoms with van der Waals surface area (Å²) in [5, 5.41) is 0.963. The second-order valence-corrected chi connectivity index (χ2v) is 7.93. The maximum absolute atomic E-state index is 13.0. The molecule has 0 saturated heterocycles. The van der Waals surface area contributed by atoms with E-state index in [1.165, 1.54) is 5.56 Å². The van der Waals surface area contributed by atoms with Crippen LogP contribution in [-0.4, -0.2) is 30.0 Å². The molecule has 1 aliphatic heterocycles. The van der Waals surface area contributed by atoms with Crippen molar-refractivity contribution in [3.05, 3.63) is 51.5 Å². The SMILES string of the molecule is CCOC(=O)C(=O)c1c(C)nc2sc3c(c2c1-c1ccc(C)cc1)CCOC3. The Morgan fingerprint density at radius 1 is 1.21 bits per heavy atom. The van der Waals surface area contributed by atoms with E-state index in [0.29, 0.717) is 24.5 Å². The number of hydrogen-bond donors (Lipinski definition) is 0. The number of Topliss-reactive ketones (excluding diaryl/α,β-unsaturated/α-hetero) is 1. The number of carbonyl (C=O) groups excluding carboxylic acids is 2. The number of nitrogens with zero attached hydrogens (tertiary/aromatic N) is 1. The van der Waals surface area contributed by atoms with Crippen molar-refractivity contribution in [2.24, 2.45) is 0 Å². The predicted octanol–water partition coefficient (Wildman–Crippen LogP) is 4.40. The predicted molar refractivity (Wildman–Crippen MR) is 109 cm³/mol. The molecule has 0 amide bonds. The van der Waals surface area contributed by atoms with E-state index in [0.717, 1.165) is 38.2 Å². The number of benzene rings is 1. The minimum Gasteiger partial charge on any atom is -0.460 e. The van der Waals surface area contributed by atoms with Gasteiger partial charge in [0.15, 0.2) is 0 Å². The number of aryl methyl sites for hydroxylation is 2. The summed E-state index contributed by atoms with van der Waals surface area (Å²) in [6, 6.07) is 8.01. The number of ketones is 1. The molecule has 0 fully saturated rings. The van der Waals surface area contributed by atoms with Gasteiger partial charge in [-0.2, -0.15) is 0 Å². The standard InChI is InChI=1S/C22H21NO4S/c1-4-27-22(25)20(24)17-13(3)23-21-19(15-9-10-26-11-16(15)28-21)18(17)14-7-5-12(2)6-8-14/h5-8H,4,9-11H2,1-3H3. The molecule has 1 aromatic carbocycles. The van der Waals surface area contributed by atoms with Crippen molar-refractivity contribution in [2.45, 2.75) is 33.8 Å². The van der Waals surface area contributed by atoms with Crippen molar-refractivity contribution in [2.75, 3.05) is 13.2 Å². The van der Waals surface area contributed by atoms with Crippen LogP contribution in [0.1, 0.15) is 39.0 Å². The highest BCUT2D eigenvalue weighted by atomic mass is 32.1. The molecule has 3 heterocycles. The average Bonchev–Trinajstić information content (AvgIpc) is 3.05. The average molecular weight is 395 g/mol. The molecule has 0 N–H and O–H groups in total.